The van der Waals surface area contributed by atoms with Gasteiger partial charge >= 0.3 is 0 Å². The Morgan fingerprint density at radius 1 is 1.37 bits per heavy atom. The first-order valence-corrected chi connectivity index (χ1v) is 5.86. The number of aromatic nitrogens is 3. The number of aromatic amines is 1. The third-order valence-corrected chi connectivity index (χ3v) is 2.58. The lowest BCUT2D eigenvalue weighted by molar-refractivity contribution is 0.102. The highest BCUT2D eigenvalue weighted by Crippen LogP contribution is 2.22. The number of nitrogens with one attached hydrogen (secondary N) is 2. The minimum Gasteiger partial charge on any atom is -0.304 e. The molecule has 0 saturated carbocycles. The Labute approximate surface area is 110 Å². The molecule has 2 heterocycles. The molecule has 0 radical (unpaired) electrons. The Hall–Kier alpha value is -2.24. The van der Waals surface area contributed by atoms with Crippen LogP contribution in [0.25, 0.3) is 0 Å². The Kier molecular flexibility index (Phi) is 3.33. The van der Waals surface area contributed by atoms with Crippen molar-refractivity contribution in [2.45, 2.75) is 26.2 Å². The zero-order chi connectivity index (χ0) is 14.0. The molecule has 0 atom stereocenters. The van der Waals surface area contributed by atoms with E-state index < -0.39 is 11.9 Å². The van der Waals surface area contributed by atoms with E-state index in [2.05, 4.69) is 20.5 Å². The number of carbonyl (C=O) groups excluding carboxylic acids is 1. The fourth-order valence-corrected chi connectivity index (χ4v) is 1.49. The van der Waals surface area contributed by atoms with Crippen LogP contribution in [0.15, 0.2) is 24.3 Å². The number of amides is 1. The van der Waals surface area contributed by atoms with Gasteiger partial charge in [0.15, 0.2) is 5.82 Å². The molecule has 0 aliphatic heterocycles. The molecule has 0 aromatic carbocycles. The van der Waals surface area contributed by atoms with Crippen molar-refractivity contribution in [3.63, 3.8) is 0 Å². The lowest BCUT2D eigenvalue weighted by Crippen LogP contribution is -2.14. The van der Waals surface area contributed by atoms with Crippen LogP contribution in [0.4, 0.5) is 10.2 Å². The van der Waals surface area contributed by atoms with Gasteiger partial charge in [0.25, 0.3) is 5.91 Å². The number of nitrogens with zero attached hydrogens (tertiary/aromatic N) is 2. The quantitative estimate of drug-likeness (QED) is 0.817. The van der Waals surface area contributed by atoms with Crippen molar-refractivity contribution in [2.24, 2.45) is 0 Å². The molecular formula is C13H15FN4O. The van der Waals surface area contributed by atoms with Crippen LogP contribution in [0, 0.1) is 5.95 Å². The molecule has 0 bridgehead atoms. The van der Waals surface area contributed by atoms with Crippen molar-refractivity contribution in [3.8, 4) is 0 Å². The van der Waals surface area contributed by atoms with Crippen LogP contribution in [0.1, 0.15) is 37.0 Å². The molecule has 6 heteroatoms. The van der Waals surface area contributed by atoms with Crippen LogP contribution >= 0.6 is 0 Å². The summed E-state index contributed by atoms with van der Waals surface area (Å²) in [6.07, 6.45) is 0. The Morgan fingerprint density at radius 2 is 2.11 bits per heavy atom. The predicted molar refractivity (Wildman–Crippen MR) is 69.4 cm³/mol. The van der Waals surface area contributed by atoms with Crippen LogP contribution in [0.3, 0.4) is 0 Å². The number of halogens is 1. The van der Waals surface area contributed by atoms with Crippen molar-refractivity contribution < 1.29 is 9.18 Å². The summed E-state index contributed by atoms with van der Waals surface area (Å²) >= 11 is 0. The molecule has 0 saturated heterocycles. The van der Waals surface area contributed by atoms with E-state index in [-0.39, 0.29) is 11.1 Å². The number of hydrogen-bond donors (Lipinski definition) is 2. The summed E-state index contributed by atoms with van der Waals surface area (Å²) in [5.74, 6) is -0.794. The maximum absolute atomic E-state index is 12.9. The molecule has 0 fully saturated rings. The van der Waals surface area contributed by atoms with Gasteiger partial charge in [0.1, 0.15) is 5.69 Å². The third-order valence-electron chi connectivity index (χ3n) is 2.58. The molecule has 5 nitrogen and oxygen atoms in total. The van der Waals surface area contributed by atoms with E-state index in [1.165, 1.54) is 18.2 Å². The average Bonchev–Trinajstić information content (AvgIpc) is 2.77. The van der Waals surface area contributed by atoms with Gasteiger partial charge in [-0.15, -0.1) is 0 Å². The Morgan fingerprint density at radius 3 is 2.68 bits per heavy atom. The van der Waals surface area contributed by atoms with Gasteiger partial charge in [-0.3, -0.25) is 9.89 Å². The fourth-order valence-electron chi connectivity index (χ4n) is 1.49. The summed E-state index contributed by atoms with van der Waals surface area (Å²) in [6, 6.07) is 5.80. The summed E-state index contributed by atoms with van der Waals surface area (Å²) in [4.78, 5) is 15.3. The number of anilines is 1. The standard InChI is InChI=1S/C13H15FN4O/c1-13(2,3)9-7-11(18-17-9)16-12(19)8-5-4-6-10(14)15-8/h4-7H,1-3H3,(H2,16,17,18,19). The van der Waals surface area contributed by atoms with Gasteiger partial charge in [-0.05, 0) is 12.1 Å². The minimum absolute atomic E-state index is 0.0142. The summed E-state index contributed by atoms with van der Waals surface area (Å²) in [5, 5.41) is 9.41. The zero-order valence-corrected chi connectivity index (χ0v) is 11.0. The summed E-state index contributed by atoms with van der Waals surface area (Å²) in [7, 11) is 0. The van der Waals surface area contributed by atoms with Gasteiger partial charge in [-0.25, -0.2) is 4.98 Å². The summed E-state index contributed by atoms with van der Waals surface area (Å²) in [6.45, 7) is 6.08. The highest BCUT2D eigenvalue weighted by atomic mass is 19.1. The van der Waals surface area contributed by atoms with E-state index in [0.717, 1.165) is 5.69 Å². The molecule has 1 amide bonds. The second-order valence-electron chi connectivity index (χ2n) is 5.22. The molecule has 2 N–H and O–H groups in total. The van der Waals surface area contributed by atoms with Crippen LogP contribution < -0.4 is 5.32 Å². The lowest BCUT2D eigenvalue weighted by atomic mass is 9.92. The molecule has 2 aromatic heterocycles. The van der Waals surface area contributed by atoms with Gasteiger partial charge in [0, 0.05) is 17.2 Å². The minimum atomic E-state index is -0.690. The molecule has 2 aromatic rings. The average molecular weight is 262 g/mol. The van der Waals surface area contributed by atoms with Crippen LogP contribution in [0.2, 0.25) is 0 Å². The van der Waals surface area contributed by atoms with Crippen molar-refractivity contribution in [1.29, 1.82) is 0 Å². The van der Waals surface area contributed by atoms with E-state index in [1.807, 2.05) is 20.8 Å². The Bertz CT molecular complexity index is 601. The maximum atomic E-state index is 12.9. The normalized spacial score (nSPS) is 11.4. The summed E-state index contributed by atoms with van der Waals surface area (Å²) in [5.41, 5.74) is 0.822. The number of hydrogen-bond acceptors (Lipinski definition) is 3. The maximum Gasteiger partial charge on any atom is 0.275 e. The second-order valence-corrected chi connectivity index (χ2v) is 5.22. The molecule has 100 valence electrons. The predicted octanol–water partition coefficient (Wildman–Crippen LogP) is 2.49. The van der Waals surface area contributed by atoms with E-state index in [4.69, 9.17) is 0 Å². The number of H-pyrrole nitrogens is 1. The van der Waals surface area contributed by atoms with Crippen molar-refractivity contribution in [3.05, 3.63) is 41.6 Å². The molecule has 0 aliphatic rings. The van der Waals surface area contributed by atoms with Gasteiger partial charge in [0.2, 0.25) is 5.95 Å². The van der Waals surface area contributed by atoms with Crippen molar-refractivity contribution >= 4 is 11.7 Å². The summed E-state index contributed by atoms with van der Waals surface area (Å²) < 4.78 is 12.9. The highest BCUT2D eigenvalue weighted by molar-refractivity contribution is 6.02. The molecule has 0 aliphatic carbocycles. The van der Waals surface area contributed by atoms with Crippen LogP contribution in [-0.2, 0) is 5.41 Å². The van der Waals surface area contributed by atoms with E-state index in [9.17, 15) is 9.18 Å². The SMILES string of the molecule is CC(C)(C)c1cc(NC(=O)c2cccc(F)n2)n[nH]1. The first kappa shape index (κ1) is 13.2. The molecule has 19 heavy (non-hydrogen) atoms. The monoisotopic (exact) mass is 262 g/mol. The number of rotatable bonds is 2. The zero-order valence-electron chi connectivity index (χ0n) is 11.0. The van der Waals surface area contributed by atoms with Gasteiger partial charge in [-0.1, -0.05) is 26.8 Å². The van der Waals surface area contributed by atoms with Gasteiger partial charge in [0.05, 0.1) is 0 Å². The van der Waals surface area contributed by atoms with E-state index >= 15 is 0 Å². The van der Waals surface area contributed by atoms with Crippen molar-refractivity contribution in [1.82, 2.24) is 15.2 Å². The molecule has 0 spiro atoms. The first-order valence-electron chi connectivity index (χ1n) is 5.86. The largest absolute Gasteiger partial charge is 0.304 e. The van der Waals surface area contributed by atoms with Gasteiger partial charge in [-0.2, -0.15) is 9.49 Å². The fraction of sp³-hybridized carbons (Fsp3) is 0.308. The number of pyridine rings is 1. The van der Waals surface area contributed by atoms with Gasteiger partial charge < -0.3 is 5.32 Å². The highest BCUT2D eigenvalue weighted by Gasteiger charge is 2.18. The van der Waals surface area contributed by atoms with Crippen LogP contribution in [-0.4, -0.2) is 21.1 Å². The second kappa shape index (κ2) is 4.79. The molecular weight excluding hydrogens is 247 g/mol. The van der Waals surface area contributed by atoms with Crippen molar-refractivity contribution in [2.75, 3.05) is 5.32 Å². The van der Waals surface area contributed by atoms with E-state index in [1.54, 1.807) is 6.07 Å². The third kappa shape index (κ3) is 3.15. The Balaban J connectivity index is 2.13. The molecule has 0 unspecified atom stereocenters. The lowest BCUT2D eigenvalue weighted by Gasteiger charge is -2.14. The molecule has 2 rings (SSSR count). The van der Waals surface area contributed by atoms with E-state index in [0.29, 0.717) is 5.82 Å². The topological polar surface area (TPSA) is 70.7 Å². The first-order chi connectivity index (χ1) is 8.86. The smallest absolute Gasteiger partial charge is 0.275 e. The van der Waals surface area contributed by atoms with Crippen LogP contribution in [0.5, 0.6) is 0 Å². The number of carbonyl (C=O) groups is 1.